The topological polar surface area (TPSA) is 108 Å². The van der Waals surface area contributed by atoms with Crippen molar-refractivity contribution in [2.24, 2.45) is 0 Å². The predicted molar refractivity (Wildman–Crippen MR) is 63.6 cm³/mol. The molecule has 2 rings (SSSR count). The molecule has 1 saturated heterocycles. The van der Waals surface area contributed by atoms with Crippen LogP contribution < -0.4 is 5.69 Å². The summed E-state index contributed by atoms with van der Waals surface area (Å²) in [5.74, 6) is 0. The van der Waals surface area contributed by atoms with Gasteiger partial charge in [0.05, 0.1) is 6.61 Å². The third-order valence-electron chi connectivity index (χ3n) is 2.94. The van der Waals surface area contributed by atoms with Crippen LogP contribution in [0.25, 0.3) is 0 Å². The number of aliphatic hydroxyl groups excluding tert-OH is 3. The number of nitrogens with zero attached hydrogens (tertiary/aromatic N) is 1. The Morgan fingerprint density at radius 3 is 2.67 bits per heavy atom. The van der Waals surface area contributed by atoms with Crippen LogP contribution in [0.15, 0.2) is 10.9 Å². The van der Waals surface area contributed by atoms with E-state index in [-0.39, 0.29) is 4.64 Å². The fourth-order valence-electron chi connectivity index (χ4n) is 2.03. The minimum atomic E-state index is -1.29. The lowest BCUT2D eigenvalue weighted by atomic mass is 10.1. The van der Waals surface area contributed by atoms with Crippen molar-refractivity contribution in [3.05, 3.63) is 26.9 Å². The highest BCUT2D eigenvalue weighted by Crippen LogP contribution is 2.28. The minimum Gasteiger partial charge on any atom is -0.394 e. The summed E-state index contributed by atoms with van der Waals surface area (Å²) < 4.78 is 6.73. The summed E-state index contributed by atoms with van der Waals surface area (Å²) in [6.45, 7) is 1.20. The fourth-order valence-corrected chi connectivity index (χ4v) is 2.29. The highest BCUT2D eigenvalue weighted by atomic mass is 32.1. The van der Waals surface area contributed by atoms with E-state index in [0.717, 1.165) is 0 Å². The number of nitrogens with one attached hydrogen (secondary N) is 1. The molecule has 18 heavy (non-hydrogen) atoms. The molecule has 0 aromatic carbocycles. The number of H-pyrrole nitrogens is 1. The van der Waals surface area contributed by atoms with Crippen LogP contribution in [-0.4, -0.2) is 49.8 Å². The van der Waals surface area contributed by atoms with Gasteiger partial charge in [-0.15, -0.1) is 0 Å². The molecule has 0 amide bonds. The standard InChI is InChI=1S/C10H14N2O5S/c1-4-2-6(18)11-10(16)12(4)9-8(15)7(14)5(3-13)17-9/h2,5,7-9,13-15H,3H2,1H3,(H,11,16,18)/t5-,7-,8-,9-/m1/s1. The van der Waals surface area contributed by atoms with Gasteiger partial charge in [-0.25, -0.2) is 4.79 Å². The Hall–Kier alpha value is -1.06. The average molecular weight is 274 g/mol. The van der Waals surface area contributed by atoms with Crippen LogP contribution in [0, 0.1) is 11.6 Å². The molecule has 1 aromatic heterocycles. The number of aryl methyl sites for hydroxylation is 1. The quantitative estimate of drug-likeness (QED) is 0.506. The Bertz CT molecular complexity index is 554. The molecule has 1 aromatic rings. The van der Waals surface area contributed by atoms with Gasteiger partial charge in [-0.3, -0.25) is 9.55 Å². The molecule has 2 heterocycles. The number of rotatable bonds is 2. The fraction of sp³-hybridized carbons (Fsp3) is 0.600. The number of ether oxygens (including phenoxy) is 1. The van der Waals surface area contributed by atoms with Crippen LogP contribution in [0.5, 0.6) is 0 Å². The molecular weight excluding hydrogens is 260 g/mol. The van der Waals surface area contributed by atoms with Crippen LogP contribution in [0.1, 0.15) is 11.9 Å². The van der Waals surface area contributed by atoms with E-state index in [9.17, 15) is 15.0 Å². The lowest BCUT2D eigenvalue weighted by molar-refractivity contribution is -0.0559. The van der Waals surface area contributed by atoms with Crippen molar-refractivity contribution in [1.82, 2.24) is 9.55 Å². The SMILES string of the molecule is Cc1cc(=S)[nH]c(=O)n1[C@@H]1O[C@H](CO)[C@@H](O)[C@H]1O. The Labute approximate surface area is 107 Å². The van der Waals surface area contributed by atoms with Crippen LogP contribution >= 0.6 is 12.2 Å². The van der Waals surface area contributed by atoms with E-state index >= 15 is 0 Å². The van der Waals surface area contributed by atoms with Gasteiger partial charge in [0.1, 0.15) is 23.0 Å². The molecule has 4 N–H and O–H groups in total. The van der Waals surface area contributed by atoms with E-state index in [0.29, 0.717) is 5.69 Å². The first-order chi connectivity index (χ1) is 8.45. The van der Waals surface area contributed by atoms with E-state index in [1.807, 2.05) is 0 Å². The van der Waals surface area contributed by atoms with Gasteiger partial charge in [0.2, 0.25) is 0 Å². The lowest BCUT2D eigenvalue weighted by Crippen LogP contribution is -2.37. The van der Waals surface area contributed by atoms with Gasteiger partial charge >= 0.3 is 5.69 Å². The molecule has 0 spiro atoms. The van der Waals surface area contributed by atoms with E-state index in [2.05, 4.69) is 4.98 Å². The maximum absolute atomic E-state index is 11.8. The number of hydrogen-bond acceptors (Lipinski definition) is 6. The molecule has 4 atom stereocenters. The predicted octanol–water partition coefficient (Wildman–Crippen LogP) is -1.17. The first-order valence-corrected chi connectivity index (χ1v) is 5.81. The largest absolute Gasteiger partial charge is 0.394 e. The summed E-state index contributed by atoms with van der Waals surface area (Å²) in [6, 6.07) is 1.55. The third-order valence-corrected chi connectivity index (χ3v) is 3.16. The number of hydrogen-bond donors (Lipinski definition) is 4. The summed E-state index contributed by atoms with van der Waals surface area (Å²) in [5.41, 5.74) is -0.0339. The van der Waals surface area contributed by atoms with Crippen molar-refractivity contribution >= 4 is 12.2 Å². The molecule has 0 unspecified atom stereocenters. The number of aromatic amines is 1. The van der Waals surface area contributed by atoms with Gasteiger partial charge in [-0.2, -0.15) is 0 Å². The van der Waals surface area contributed by atoms with E-state index in [1.54, 1.807) is 13.0 Å². The number of aromatic nitrogens is 2. The second-order valence-corrected chi connectivity index (χ2v) is 4.62. The zero-order valence-electron chi connectivity index (χ0n) is 9.61. The van der Waals surface area contributed by atoms with Gasteiger partial charge < -0.3 is 20.1 Å². The Morgan fingerprint density at radius 1 is 1.50 bits per heavy atom. The van der Waals surface area contributed by atoms with Crippen LogP contribution in [0.3, 0.4) is 0 Å². The van der Waals surface area contributed by atoms with Gasteiger partial charge in [-0.05, 0) is 13.0 Å². The second-order valence-electron chi connectivity index (χ2n) is 4.18. The molecule has 7 nitrogen and oxygen atoms in total. The van der Waals surface area contributed by atoms with Crippen molar-refractivity contribution in [2.45, 2.75) is 31.5 Å². The molecule has 0 bridgehead atoms. The smallest absolute Gasteiger partial charge is 0.328 e. The Balaban J connectivity index is 2.45. The highest BCUT2D eigenvalue weighted by molar-refractivity contribution is 7.71. The van der Waals surface area contributed by atoms with Gasteiger partial charge in [0, 0.05) is 5.69 Å². The molecule has 1 aliphatic heterocycles. The van der Waals surface area contributed by atoms with Gasteiger partial charge in [0.15, 0.2) is 6.23 Å². The van der Waals surface area contributed by atoms with Crippen molar-refractivity contribution in [3.63, 3.8) is 0 Å². The molecule has 100 valence electrons. The first-order valence-electron chi connectivity index (χ1n) is 5.40. The summed E-state index contributed by atoms with van der Waals surface area (Å²) in [6.07, 6.45) is -4.49. The summed E-state index contributed by atoms with van der Waals surface area (Å²) in [5, 5.41) is 28.5. The highest BCUT2D eigenvalue weighted by Gasteiger charge is 2.44. The van der Waals surface area contributed by atoms with Gasteiger partial charge in [-0.1, -0.05) is 12.2 Å². The summed E-state index contributed by atoms with van der Waals surface area (Å²) in [4.78, 5) is 14.2. The van der Waals surface area contributed by atoms with Crippen LogP contribution in [0.2, 0.25) is 0 Å². The van der Waals surface area contributed by atoms with Gasteiger partial charge in [0.25, 0.3) is 0 Å². The van der Waals surface area contributed by atoms with Crippen LogP contribution in [0.4, 0.5) is 0 Å². The maximum atomic E-state index is 11.8. The van der Waals surface area contributed by atoms with E-state index in [4.69, 9.17) is 22.1 Å². The van der Waals surface area contributed by atoms with E-state index < -0.39 is 36.8 Å². The van der Waals surface area contributed by atoms with Crippen molar-refractivity contribution in [3.8, 4) is 0 Å². The Kier molecular flexibility index (Phi) is 3.64. The van der Waals surface area contributed by atoms with Crippen LogP contribution in [-0.2, 0) is 4.74 Å². The maximum Gasteiger partial charge on any atom is 0.328 e. The lowest BCUT2D eigenvalue weighted by Gasteiger charge is -2.19. The Morgan fingerprint density at radius 2 is 2.17 bits per heavy atom. The third kappa shape index (κ3) is 2.13. The average Bonchev–Trinajstić information content (AvgIpc) is 2.56. The first kappa shape index (κ1) is 13.4. The molecule has 0 radical (unpaired) electrons. The zero-order valence-corrected chi connectivity index (χ0v) is 10.4. The van der Waals surface area contributed by atoms with Crippen molar-refractivity contribution in [2.75, 3.05) is 6.61 Å². The number of aliphatic hydroxyl groups is 3. The normalized spacial score (nSPS) is 31.8. The second kappa shape index (κ2) is 4.90. The molecule has 1 aliphatic rings. The zero-order chi connectivity index (χ0) is 13.4. The summed E-state index contributed by atoms with van der Waals surface area (Å²) in [7, 11) is 0. The molecule has 0 saturated carbocycles. The van der Waals surface area contributed by atoms with E-state index in [1.165, 1.54) is 4.57 Å². The monoisotopic (exact) mass is 274 g/mol. The summed E-state index contributed by atoms with van der Waals surface area (Å²) >= 11 is 4.86. The molecule has 0 aliphatic carbocycles. The van der Waals surface area contributed by atoms with Crippen molar-refractivity contribution in [1.29, 1.82) is 0 Å². The molecule has 1 fully saturated rings. The van der Waals surface area contributed by atoms with Crippen molar-refractivity contribution < 1.29 is 20.1 Å². The molecule has 8 heteroatoms. The molecular formula is C10H14N2O5S. The minimum absolute atomic E-state index is 0.278.